The summed E-state index contributed by atoms with van der Waals surface area (Å²) in [4.78, 5) is 24.0. The van der Waals surface area contributed by atoms with Crippen molar-refractivity contribution in [3.8, 4) is 0 Å². The molecule has 3 heterocycles. The van der Waals surface area contributed by atoms with Gasteiger partial charge in [-0.3, -0.25) is 9.69 Å². The Kier molecular flexibility index (Phi) is 5.81. The van der Waals surface area contributed by atoms with Crippen molar-refractivity contribution in [1.82, 2.24) is 14.8 Å². The van der Waals surface area contributed by atoms with Gasteiger partial charge < -0.3 is 14.8 Å². The normalized spacial score (nSPS) is 19.1. The number of nitrogens with one attached hydrogen (secondary N) is 1. The summed E-state index contributed by atoms with van der Waals surface area (Å²) >= 11 is 0. The van der Waals surface area contributed by atoms with Gasteiger partial charge in [-0.05, 0) is 67.2 Å². The Morgan fingerprint density at radius 1 is 0.972 bits per heavy atom. The molecule has 0 bridgehead atoms. The molecule has 5 heteroatoms. The predicted octanol–water partition coefficient (Wildman–Crippen LogP) is 5.35. The number of rotatable bonds is 5. The maximum absolute atomic E-state index is 13.9. The first kappa shape index (κ1) is 22.9. The molecule has 0 radical (unpaired) electrons. The molecule has 0 saturated carbocycles. The number of aromatic amines is 1. The van der Waals surface area contributed by atoms with Gasteiger partial charge in [0.05, 0.1) is 5.92 Å². The average molecular weight is 479 g/mol. The first-order chi connectivity index (χ1) is 17.5. The molecule has 1 fully saturated rings. The largest absolute Gasteiger partial charge is 0.366 e. The van der Waals surface area contributed by atoms with Gasteiger partial charge in [-0.2, -0.15) is 0 Å². The van der Waals surface area contributed by atoms with Crippen molar-refractivity contribution in [2.24, 2.45) is 0 Å². The number of likely N-dealkylation sites (tertiary alicyclic amines) is 1. The summed E-state index contributed by atoms with van der Waals surface area (Å²) in [5, 5.41) is 1.23. The summed E-state index contributed by atoms with van der Waals surface area (Å²) in [5.41, 5.74) is 6.09. The standard InChI is InChI=1S/C31H34N4O/c1-33(2)31(25-8-4-3-5-9-25)15-18-34(19-16-31)30(36)27-22-35(29-11-7-6-10-26(27)29)21-23-12-13-24-14-17-32-28(24)20-23/h3-14,17,20,27,32H,15-16,18-19,21-22H2,1-2H3. The topological polar surface area (TPSA) is 42.6 Å². The molecule has 6 rings (SSSR count). The SMILES string of the molecule is CN(C)C1(c2ccccc2)CCN(C(=O)C2CN(Cc3ccc4cc[nH]c4c3)c3ccccc32)CC1. The zero-order valence-corrected chi connectivity index (χ0v) is 21.2. The minimum atomic E-state index is -0.112. The Labute approximate surface area is 213 Å². The van der Waals surface area contributed by atoms with Crippen LogP contribution in [0.5, 0.6) is 0 Å². The number of amides is 1. The quantitative estimate of drug-likeness (QED) is 0.420. The van der Waals surface area contributed by atoms with Gasteiger partial charge in [0.1, 0.15) is 0 Å². The third-order valence-corrected chi connectivity index (χ3v) is 8.42. The Bertz CT molecular complexity index is 1370. The van der Waals surface area contributed by atoms with E-state index in [0.29, 0.717) is 0 Å². The molecule has 2 aliphatic heterocycles. The summed E-state index contributed by atoms with van der Waals surface area (Å²) in [7, 11) is 4.33. The molecule has 36 heavy (non-hydrogen) atoms. The molecule has 3 aromatic carbocycles. The number of fused-ring (bicyclic) bond motifs is 2. The van der Waals surface area contributed by atoms with E-state index >= 15 is 0 Å². The van der Waals surface area contributed by atoms with E-state index in [2.05, 4.69) is 113 Å². The second kappa shape index (κ2) is 9.14. The van der Waals surface area contributed by atoms with E-state index in [1.54, 1.807) is 0 Å². The highest BCUT2D eigenvalue weighted by atomic mass is 16.2. The highest BCUT2D eigenvalue weighted by Crippen LogP contribution is 2.41. The molecule has 1 amide bonds. The highest BCUT2D eigenvalue weighted by Gasteiger charge is 2.42. The van der Waals surface area contributed by atoms with E-state index in [-0.39, 0.29) is 17.4 Å². The number of hydrogen-bond acceptors (Lipinski definition) is 3. The first-order valence-corrected chi connectivity index (χ1v) is 13.0. The van der Waals surface area contributed by atoms with E-state index < -0.39 is 0 Å². The van der Waals surface area contributed by atoms with Gasteiger partial charge in [0.25, 0.3) is 0 Å². The third-order valence-electron chi connectivity index (χ3n) is 8.42. The lowest BCUT2D eigenvalue weighted by atomic mass is 9.79. The zero-order valence-electron chi connectivity index (χ0n) is 21.2. The molecule has 184 valence electrons. The molecule has 1 N–H and O–H groups in total. The molecular weight excluding hydrogens is 444 g/mol. The van der Waals surface area contributed by atoms with Crippen LogP contribution in [0.4, 0.5) is 5.69 Å². The molecule has 0 spiro atoms. The summed E-state index contributed by atoms with van der Waals surface area (Å²) in [6, 6.07) is 27.9. The predicted molar refractivity (Wildman–Crippen MR) is 146 cm³/mol. The second-order valence-electron chi connectivity index (χ2n) is 10.5. The zero-order chi connectivity index (χ0) is 24.7. The maximum Gasteiger partial charge on any atom is 0.231 e. The van der Waals surface area contributed by atoms with Crippen molar-refractivity contribution in [2.45, 2.75) is 30.8 Å². The Balaban J connectivity index is 1.20. The van der Waals surface area contributed by atoms with Crippen molar-refractivity contribution < 1.29 is 4.79 Å². The average Bonchev–Trinajstić information content (AvgIpc) is 3.53. The minimum Gasteiger partial charge on any atom is -0.366 e. The van der Waals surface area contributed by atoms with Gasteiger partial charge in [0, 0.05) is 49.1 Å². The molecule has 2 aliphatic rings. The van der Waals surface area contributed by atoms with Crippen LogP contribution in [0.3, 0.4) is 0 Å². The number of anilines is 1. The number of piperidine rings is 1. The van der Waals surface area contributed by atoms with E-state index in [1.165, 1.54) is 22.2 Å². The highest BCUT2D eigenvalue weighted by molar-refractivity contribution is 5.89. The number of H-pyrrole nitrogens is 1. The number of carbonyl (C=O) groups is 1. The third kappa shape index (κ3) is 3.88. The van der Waals surface area contributed by atoms with Crippen LogP contribution in [-0.4, -0.2) is 54.4 Å². The number of benzene rings is 3. The molecule has 5 nitrogen and oxygen atoms in total. The Morgan fingerprint density at radius 2 is 1.72 bits per heavy atom. The summed E-state index contributed by atoms with van der Waals surface area (Å²) in [6.45, 7) is 3.10. The van der Waals surface area contributed by atoms with Crippen molar-refractivity contribution in [3.63, 3.8) is 0 Å². The van der Waals surface area contributed by atoms with Crippen LogP contribution >= 0.6 is 0 Å². The van der Waals surface area contributed by atoms with Gasteiger partial charge in [-0.1, -0.05) is 60.7 Å². The molecule has 1 saturated heterocycles. The van der Waals surface area contributed by atoms with E-state index in [4.69, 9.17) is 0 Å². The van der Waals surface area contributed by atoms with Crippen LogP contribution in [0.2, 0.25) is 0 Å². The lowest BCUT2D eigenvalue weighted by Gasteiger charge is -2.47. The van der Waals surface area contributed by atoms with Crippen LogP contribution in [0.15, 0.2) is 85.1 Å². The molecule has 4 aromatic rings. The Hall–Kier alpha value is -3.57. The number of nitrogens with zero attached hydrogens (tertiary/aromatic N) is 3. The first-order valence-electron chi connectivity index (χ1n) is 13.0. The minimum absolute atomic E-state index is 0.0197. The summed E-state index contributed by atoms with van der Waals surface area (Å²) in [5.74, 6) is 0.157. The van der Waals surface area contributed by atoms with Crippen molar-refractivity contribution in [1.29, 1.82) is 0 Å². The summed E-state index contributed by atoms with van der Waals surface area (Å²) in [6.07, 6.45) is 3.88. The summed E-state index contributed by atoms with van der Waals surface area (Å²) < 4.78 is 0. The molecule has 0 aliphatic carbocycles. The maximum atomic E-state index is 13.9. The molecule has 1 atom stereocenters. The number of aromatic nitrogens is 1. The molecular formula is C31H34N4O. The van der Waals surface area contributed by atoms with E-state index in [1.807, 2.05) is 6.20 Å². The fourth-order valence-corrected chi connectivity index (χ4v) is 6.32. The van der Waals surface area contributed by atoms with Crippen molar-refractivity contribution in [3.05, 3.63) is 102 Å². The van der Waals surface area contributed by atoms with Crippen LogP contribution < -0.4 is 4.90 Å². The lowest BCUT2D eigenvalue weighted by Crippen LogP contribution is -2.52. The van der Waals surface area contributed by atoms with E-state index in [9.17, 15) is 4.79 Å². The molecule has 1 unspecified atom stereocenters. The lowest BCUT2D eigenvalue weighted by molar-refractivity contribution is -0.135. The molecule has 1 aromatic heterocycles. The smallest absolute Gasteiger partial charge is 0.231 e. The van der Waals surface area contributed by atoms with Crippen molar-refractivity contribution in [2.75, 3.05) is 38.6 Å². The van der Waals surface area contributed by atoms with Crippen LogP contribution in [0, 0.1) is 0 Å². The van der Waals surface area contributed by atoms with Gasteiger partial charge in [0.2, 0.25) is 5.91 Å². The van der Waals surface area contributed by atoms with Crippen LogP contribution in [0.25, 0.3) is 10.9 Å². The fraction of sp³-hybridized carbons (Fsp3) is 0.323. The second-order valence-corrected chi connectivity index (χ2v) is 10.5. The van der Waals surface area contributed by atoms with Gasteiger partial charge in [0.15, 0.2) is 0 Å². The van der Waals surface area contributed by atoms with Gasteiger partial charge in [-0.15, -0.1) is 0 Å². The van der Waals surface area contributed by atoms with Crippen molar-refractivity contribution >= 4 is 22.5 Å². The monoisotopic (exact) mass is 478 g/mol. The number of carbonyl (C=O) groups excluding carboxylic acids is 1. The van der Waals surface area contributed by atoms with Crippen LogP contribution in [-0.2, 0) is 16.9 Å². The van der Waals surface area contributed by atoms with Crippen LogP contribution in [0.1, 0.15) is 35.4 Å². The number of hydrogen-bond donors (Lipinski definition) is 1. The fourth-order valence-electron chi connectivity index (χ4n) is 6.32. The van der Waals surface area contributed by atoms with Gasteiger partial charge >= 0.3 is 0 Å². The van der Waals surface area contributed by atoms with E-state index in [0.717, 1.165) is 50.1 Å². The number of para-hydroxylation sites is 1. The Morgan fingerprint density at radius 3 is 2.50 bits per heavy atom. The van der Waals surface area contributed by atoms with Gasteiger partial charge in [-0.25, -0.2) is 0 Å².